The van der Waals surface area contributed by atoms with E-state index in [9.17, 15) is 9.59 Å². The Morgan fingerprint density at radius 1 is 1.08 bits per heavy atom. The zero-order valence-corrected chi connectivity index (χ0v) is 22.2. The molecule has 9 heteroatoms. The van der Waals surface area contributed by atoms with Gasteiger partial charge in [-0.15, -0.1) is 0 Å². The lowest BCUT2D eigenvalue weighted by Crippen LogP contribution is -2.51. The summed E-state index contributed by atoms with van der Waals surface area (Å²) >= 11 is 5.90. The van der Waals surface area contributed by atoms with Gasteiger partial charge in [-0.25, -0.2) is 0 Å². The lowest BCUT2D eigenvalue weighted by Gasteiger charge is -2.38. The van der Waals surface area contributed by atoms with Crippen LogP contribution in [-0.4, -0.2) is 62.8 Å². The Hall–Kier alpha value is -3.88. The summed E-state index contributed by atoms with van der Waals surface area (Å²) in [6.07, 6.45) is 1.72. The third-order valence-electron chi connectivity index (χ3n) is 6.36. The van der Waals surface area contributed by atoms with Crippen molar-refractivity contribution in [2.24, 2.45) is 10.9 Å². The van der Waals surface area contributed by atoms with Crippen LogP contribution in [0.4, 0.5) is 5.69 Å². The molecule has 3 aromatic carbocycles. The zero-order valence-electron chi connectivity index (χ0n) is 21.4. The number of benzene rings is 3. The molecule has 198 valence electrons. The monoisotopic (exact) mass is 534 g/mol. The molecule has 0 radical (unpaired) electrons. The number of halogens is 1. The number of nitrogens with one attached hydrogen (secondary N) is 1. The average molecular weight is 535 g/mol. The highest BCUT2D eigenvalue weighted by Gasteiger charge is 2.30. The van der Waals surface area contributed by atoms with Gasteiger partial charge in [0.2, 0.25) is 0 Å². The van der Waals surface area contributed by atoms with Crippen LogP contribution in [0.25, 0.3) is 0 Å². The summed E-state index contributed by atoms with van der Waals surface area (Å²) < 4.78 is 10.8. The van der Waals surface area contributed by atoms with Crippen LogP contribution in [-0.2, 0) is 4.74 Å². The molecule has 1 heterocycles. The van der Waals surface area contributed by atoms with Gasteiger partial charge in [-0.1, -0.05) is 11.6 Å². The number of nitrogens with two attached hydrogens (primary N) is 1. The molecule has 38 heavy (non-hydrogen) atoms. The molecule has 4 rings (SSSR count). The first-order chi connectivity index (χ1) is 18.4. The summed E-state index contributed by atoms with van der Waals surface area (Å²) in [5.41, 5.74) is 9.39. The van der Waals surface area contributed by atoms with Crippen molar-refractivity contribution in [3.05, 3.63) is 87.9 Å². The van der Waals surface area contributed by atoms with Crippen LogP contribution in [0.3, 0.4) is 0 Å². The number of carbonyl (C=O) groups is 2. The number of carbonyl (C=O) groups excluding carboxylic acids is 2. The van der Waals surface area contributed by atoms with E-state index in [4.69, 9.17) is 26.8 Å². The highest BCUT2D eigenvalue weighted by Crippen LogP contribution is 2.25. The van der Waals surface area contributed by atoms with Gasteiger partial charge in [0, 0.05) is 72.8 Å². The predicted octanol–water partition coefficient (Wildman–Crippen LogP) is 4.59. The molecule has 1 fully saturated rings. The number of hydrogen-bond acceptors (Lipinski definition) is 6. The normalized spacial score (nSPS) is 13.4. The molecule has 8 nitrogen and oxygen atoms in total. The standard InChI is InChI=1S/C29H31ClN4O4/c1-19-25(28(35)33-13-14-37-2)11-12-27(31)26(19)16-32-15-20-17-34(18-20)29(36)21-3-7-23(8-4-21)38-24-9-5-22(30)6-10-24/h3-12,16,20H,13-15,17-18,31H2,1-2H3,(H,33,35). The molecule has 1 aliphatic heterocycles. The third kappa shape index (κ3) is 6.70. The fourth-order valence-corrected chi connectivity index (χ4v) is 4.29. The van der Waals surface area contributed by atoms with Crippen LogP contribution in [0, 0.1) is 12.8 Å². The van der Waals surface area contributed by atoms with E-state index < -0.39 is 0 Å². The van der Waals surface area contributed by atoms with Gasteiger partial charge < -0.3 is 25.4 Å². The van der Waals surface area contributed by atoms with Gasteiger partial charge >= 0.3 is 0 Å². The first kappa shape index (κ1) is 27.2. The largest absolute Gasteiger partial charge is 0.457 e. The molecule has 3 aromatic rings. The van der Waals surface area contributed by atoms with Crippen molar-refractivity contribution in [2.45, 2.75) is 6.92 Å². The Bertz CT molecular complexity index is 1300. The first-order valence-electron chi connectivity index (χ1n) is 12.3. The Balaban J connectivity index is 1.27. The maximum atomic E-state index is 12.8. The highest BCUT2D eigenvalue weighted by atomic mass is 35.5. The summed E-state index contributed by atoms with van der Waals surface area (Å²) in [4.78, 5) is 31.7. The maximum Gasteiger partial charge on any atom is 0.253 e. The fraction of sp³-hybridized carbons (Fsp3) is 0.276. The van der Waals surface area contributed by atoms with Crippen molar-refractivity contribution in [2.75, 3.05) is 45.6 Å². The maximum absolute atomic E-state index is 12.8. The van der Waals surface area contributed by atoms with Gasteiger partial charge in [0.05, 0.1) is 6.61 Å². The second-order valence-corrected chi connectivity index (χ2v) is 9.58. The van der Waals surface area contributed by atoms with Crippen LogP contribution in [0.15, 0.2) is 65.7 Å². The van der Waals surface area contributed by atoms with Crippen molar-refractivity contribution in [3.63, 3.8) is 0 Å². The number of hydrogen-bond donors (Lipinski definition) is 2. The van der Waals surface area contributed by atoms with Crippen molar-refractivity contribution in [3.8, 4) is 11.5 Å². The van der Waals surface area contributed by atoms with Gasteiger partial charge in [0.15, 0.2) is 0 Å². The second-order valence-electron chi connectivity index (χ2n) is 9.14. The number of methoxy groups -OCH3 is 1. The quantitative estimate of drug-likeness (QED) is 0.225. The van der Waals surface area contributed by atoms with E-state index in [-0.39, 0.29) is 17.7 Å². The van der Waals surface area contributed by atoms with Gasteiger partial charge in [0.1, 0.15) is 11.5 Å². The zero-order chi connectivity index (χ0) is 27.1. The smallest absolute Gasteiger partial charge is 0.253 e. The molecule has 0 spiro atoms. The Kier molecular flexibility index (Phi) is 8.99. The summed E-state index contributed by atoms with van der Waals surface area (Å²) in [5, 5.41) is 3.47. The van der Waals surface area contributed by atoms with Crippen LogP contribution in [0.1, 0.15) is 31.8 Å². The molecule has 0 atom stereocenters. The molecule has 0 saturated carbocycles. The van der Waals surface area contributed by atoms with Crippen LogP contribution in [0.2, 0.25) is 5.02 Å². The van der Waals surface area contributed by atoms with Gasteiger partial charge in [-0.3, -0.25) is 14.6 Å². The average Bonchev–Trinajstić information content (AvgIpc) is 2.88. The summed E-state index contributed by atoms with van der Waals surface area (Å²) in [5.74, 6) is 1.40. The Morgan fingerprint density at radius 2 is 1.74 bits per heavy atom. The van der Waals surface area contributed by atoms with Gasteiger partial charge in [0.25, 0.3) is 11.8 Å². The summed E-state index contributed by atoms with van der Waals surface area (Å²) in [6.45, 7) is 4.57. The van der Waals surface area contributed by atoms with Crippen molar-refractivity contribution in [1.82, 2.24) is 10.2 Å². The summed E-state index contributed by atoms with van der Waals surface area (Å²) in [6, 6.07) is 17.6. The number of ether oxygens (including phenoxy) is 2. The van der Waals surface area contributed by atoms with Crippen LogP contribution < -0.4 is 15.8 Å². The Morgan fingerprint density at radius 3 is 2.39 bits per heavy atom. The highest BCUT2D eigenvalue weighted by molar-refractivity contribution is 6.30. The molecule has 3 N–H and O–H groups in total. The van der Waals surface area contributed by atoms with Crippen molar-refractivity contribution in [1.29, 1.82) is 0 Å². The lowest BCUT2D eigenvalue weighted by molar-refractivity contribution is 0.0516. The number of likely N-dealkylation sites (tertiary alicyclic amines) is 1. The Labute approximate surface area is 227 Å². The second kappa shape index (κ2) is 12.6. The number of aliphatic imine (C=N–C) groups is 1. The van der Waals surface area contributed by atoms with Crippen LogP contribution in [0.5, 0.6) is 11.5 Å². The van der Waals surface area contributed by atoms with E-state index in [1.54, 1.807) is 78.9 Å². The van der Waals surface area contributed by atoms with Crippen molar-refractivity contribution >= 4 is 35.3 Å². The fourth-order valence-electron chi connectivity index (χ4n) is 4.16. The summed E-state index contributed by atoms with van der Waals surface area (Å²) in [7, 11) is 1.59. The molecular weight excluding hydrogens is 504 g/mol. The first-order valence-corrected chi connectivity index (χ1v) is 12.7. The minimum absolute atomic E-state index is 0.0180. The number of anilines is 1. The van der Waals surface area contributed by atoms with E-state index in [0.29, 0.717) is 66.1 Å². The predicted molar refractivity (Wildman–Crippen MR) is 150 cm³/mol. The number of rotatable bonds is 10. The molecule has 1 saturated heterocycles. The van der Waals surface area contributed by atoms with E-state index in [1.165, 1.54) is 0 Å². The number of amides is 2. The minimum atomic E-state index is -0.174. The molecule has 2 amide bonds. The third-order valence-corrected chi connectivity index (χ3v) is 6.62. The lowest BCUT2D eigenvalue weighted by atomic mass is 9.98. The number of nitrogens with zero attached hydrogens (tertiary/aromatic N) is 2. The molecule has 1 aliphatic rings. The van der Waals surface area contributed by atoms with E-state index in [1.807, 2.05) is 6.92 Å². The van der Waals surface area contributed by atoms with Crippen LogP contribution >= 0.6 is 11.6 Å². The molecule has 0 bridgehead atoms. The molecule has 0 aromatic heterocycles. The van der Waals surface area contributed by atoms with Gasteiger partial charge in [-0.05, 0) is 73.2 Å². The molecule has 0 unspecified atom stereocenters. The molecule has 0 aliphatic carbocycles. The number of nitrogen functional groups attached to an aromatic ring is 1. The SMILES string of the molecule is COCCNC(=O)c1ccc(N)c(C=NCC2CN(C(=O)c3ccc(Oc4ccc(Cl)cc4)cc3)C2)c1C. The van der Waals surface area contributed by atoms with E-state index in [2.05, 4.69) is 10.3 Å². The van der Waals surface area contributed by atoms with Crippen molar-refractivity contribution < 1.29 is 19.1 Å². The topological polar surface area (TPSA) is 106 Å². The molecular formula is C29H31ClN4O4. The van der Waals surface area contributed by atoms with E-state index >= 15 is 0 Å². The minimum Gasteiger partial charge on any atom is -0.457 e. The van der Waals surface area contributed by atoms with Gasteiger partial charge in [-0.2, -0.15) is 0 Å². The van der Waals surface area contributed by atoms with E-state index in [0.717, 1.165) is 11.1 Å².